The van der Waals surface area contributed by atoms with Crippen LogP contribution < -0.4 is 10.1 Å². The van der Waals surface area contributed by atoms with Gasteiger partial charge < -0.3 is 14.8 Å². The first-order valence-electron chi connectivity index (χ1n) is 8.46. The Balaban J connectivity index is 1.71. The third kappa shape index (κ3) is 5.22. The van der Waals surface area contributed by atoms with E-state index in [1.807, 2.05) is 0 Å². The molecule has 0 spiro atoms. The molecule has 6 nitrogen and oxygen atoms in total. The van der Waals surface area contributed by atoms with Crippen molar-refractivity contribution in [1.82, 2.24) is 0 Å². The molecule has 0 unspecified atom stereocenters. The smallest absolute Gasteiger partial charge is 0.340 e. The SMILES string of the molecule is COc1cccc(C(=O)COC(=O)c2ccc(Cl)cc2NC(=O)c2cccs2)c1. The Hall–Kier alpha value is -3.16. The van der Waals surface area contributed by atoms with Crippen LogP contribution in [-0.4, -0.2) is 31.4 Å². The summed E-state index contributed by atoms with van der Waals surface area (Å²) in [4.78, 5) is 37.6. The average Bonchev–Trinajstić information content (AvgIpc) is 3.27. The number of methoxy groups -OCH3 is 1. The van der Waals surface area contributed by atoms with Crippen LogP contribution in [0.2, 0.25) is 5.02 Å². The van der Waals surface area contributed by atoms with E-state index in [-0.39, 0.29) is 22.9 Å². The summed E-state index contributed by atoms with van der Waals surface area (Å²) < 4.78 is 10.2. The first-order valence-corrected chi connectivity index (χ1v) is 9.72. The highest BCUT2D eigenvalue weighted by atomic mass is 35.5. The second kappa shape index (κ2) is 9.36. The molecule has 0 atom stereocenters. The van der Waals surface area contributed by atoms with Crippen molar-refractivity contribution >= 4 is 46.3 Å². The lowest BCUT2D eigenvalue weighted by Crippen LogP contribution is -2.18. The minimum absolute atomic E-state index is 0.0951. The van der Waals surface area contributed by atoms with Gasteiger partial charge in [0.25, 0.3) is 5.91 Å². The number of carbonyl (C=O) groups is 3. The maximum atomic E-state index is 12.5. The Labute approximate surface area is 176 Å². The highest BCUT2D eigenvalue weighted by Crippen LogP contribution is 2.23. The minimum atomic E-state index is -0.751. The summed E-state index contributed by atoms with van der Waals surface area (Å²) in [5.41, 5.74) is 0.659. The maximum absolute atomic E-state index is 12.5. The van der Waals surface area contributed by atoms with Crippen LogP contribution in [-0.2, 0) is 4.74 Å². The largest absolute Gasteiger partial charge is 0.497 e. The van der Waals surface area contributed by atoms with Crippen LogP contribution in [0.1, 0.15) is 30.4 Å². The number of thiophene rings is 1. The van der Waals surface area contributed by atoms with Crippen molar-refractivity contribution in [2.45, 2.75) is 0 Å². The van der Waals surface area contributed by atoms with Gasteiger partial charge in [0.05, 0.1) is 23.2 Å². The third-order valence-electron chi connectivity index (χ3n) is 3.92. The maximum Gasteiger partial charge on any atom is 0.340 e. The number of carbonyl (C=O) groups excluding carboxylic acids is 3. The standard InChI is InChI=1S/C21H16ClNO5S/c1-27-15-5-2-4-13(10-15)18(24)12-28-21(26)16-8-7-14(22)11-17(16)23-20(25)19-6-3-9-29-19/h2-11H,12H2,1H3,(H,23,25). The van der Waals surface area contributed by atoms with Crippen molar-refractivity contribution in [3.8, 4) is 5.75 Å². The molecule has 0 bridgehead atoms. The monoisotopic (exact) mass is 429 g/mol. The molecule has 3 aromatic rings. The summed E-state index contributed by atoms with van der Waals surface area (Å²) in [6, 6.07) is 14.3. The fraction of sp³-hybridized carbons (Fsp3) is 0.0952. The number of ether oxygens (including phenoxy) is 2. The lowest BCUT2D eigenvalue weighted by atomic mass is 10.1. The zero-order valence-electron chi connectivity index (χ0n) is 15.3. The number of hydrogen-bond donors (Lipinski definition) is 1. The number of hydrogen-bond acceptors (Lipinski definition) is 6. The van der Waals surface area contributed by atoms with E-state index < -0.39 is 12.6 Å². The van der Waals surface area contributed by atoms with Gasteiger partial charge in [0.2, 0.25) is 0 Å². The van der Waals surface area contributed by atoms with Crippen LogP contribution in [0.5, 0.6) is 5.75 Å². The number of halogens is 1. The molecule has 3 rings (SSSR count). The van der Waals surface area contributed by atoms with Crippen molar-refractivity contribution in [1.29, 1.82) is 0 Å². The molecular weight excluding hydrogens is 414 g/mol. The molecule has 1 N–H and O–H groups in total. The number of nitrogens with one attached hydrogen (secondary N) is 1. The predicted molar refractivity (Wildman–Crippen MR) is 111 cm³/mol. The molecule has 0 aliphatic rings. The van der Waals surface area contributed by atoms with Crippen molar-refractivity contribution in [3.63, 3.8) is 0 Å². The minimum Gasteiger partial charge on any atom is -0.497 e. The van der Waals surface area contributed by atoms with E-state index >= 15 is 0 Å². The quantitative estimate of drug-likeness (QED) is 0.434. The second-order valence-electron chi connectivity index (χ2n) is 5.85. The lowest BCUT2D eigenvalue weighted by molar-refractivity contribution is 0.0475. The van der Waals surface area contributed by atoms with Crippen LogP contribution in [0.4, 0.5) is 5.69 Å². The molecule has 2 aromatic carbocycles. The molecule has 1 heterocycles. The molecule has 0 saturated carbocycles. The van der Waals surface area contributed by atoms with Crippen molar-refractivity contribution in [2.75, 3.05) is 19.0 Å². The van der Waals surface area contributed by atoms with Gasteiger partial charge in [-0.05, 0) is 41.8 Å². The molecule has 0 aliphatic carbocycles. The highest BCUT2D eigenvalue weighted by molar-refractivity contribution is 7.12. The van der Waals surface area contributed by atoms with Gasteiger partial charge in [0.15, 0.2) is 12.4 Å². The van der Waals surface area contributed by atoms with E-state index in [1.165, 1.54) is 36.6 Å². The number of amides is 1. The number of rotatable bonds is 7. The first kappa shape index (κ1) is 20.6. The van der Waals surface area contributed by atoms with E-state index in [2.05, 4.69) is 5.32 Å². The number of benzene rings is 2. The summed E-state index contributed by atoms with van der Waals surface area (Å²) >= 11 is 7.27. The van der Waals surface area contributed by atoms with Gasteiger partial charge in [-0.25, -0.2) is 4.79 Å². The predicted octanol–water partition coefficient (Wildman–Crippen LogP) is 4.70. The molecule has 0 radical (unpaired) electrons. The van der Waals surface area contributed by atoms with Crippen LogP contribution >= 0.6 is 22.9 Å². The Morgan fingerprint density at radius 2 is 1.90 bits per heavy atom. The Bertz CT molecular complexity index is 1050. The third-order valence-corrected chi connectivity index (χ3v) is 5.02. The molecule has 0 aliphatic heterocycles. The second-order valence-corrected chi connectivity index (χ2v) is 7.24. The summed E-state index contributed by atoms with van der Waals surface area (Å²) in [6.07, 6.45) is 0. The summed E-state index contributed by atoms with van der Waals surface area (Å²) in [6.45, 7) is -0.451. The van der Waals surface area contributed by atoms with Gasteiger partial charge in [-0.3, -0.25) is 9.59 Å². The zero-order valence-corrected chi connectivity index (χ0v) is 16.9. The number of Topliss-reactive ketones (excluding diaryl/α,β-unsaturated/α-hetero) is 1. The molecule has 0 fully saturated rings. The molecule has 29 heavy (non-hydrogen) atoms. The molecule has 8 heteroatoms. The van der Waals surface area contributed by atoms with E-state index in [4.69, 9.17) is 21.1 Å². The molecule has 1 amide bonds. The van der Waals surface area contributed by atoms with Gasteiger partial charge in [-0.1, -0.05) is 29.8 Å². The van der Waals surface area contributed by atoms with E-state index in [9.17, 15) is 14.4 Å². The zero-order chi connectivity index (χ0) is 20.8. The molecule has 0 saturated heterocycles. The van der Waals surface area contributed by atoms with Gasteiger partial charge in [0, 0.05) is 10.6 Å². The fourth-order valence-corrected chi connectivity index (χ4v) is 3.27. The van der Waals surface area contributed by atoms with Crippen LogP contribution in [0.25, 0.3) is 0 Å². The summed E-state index contributed by atoms with van der Waals surface area (Å²) in [5, 5.41) is 4.77. The molecular formula is C21H16ClNO5S. The molecule has 1 aromatic heterocycles. The fourth-order valence-electron chi connectivity index (χ4n) is 2.48. The van der Waals surface area contributed by atoms with Gasteiger partial charge >= 0.3 is 5.97 Å². The average molecular weight is 430 g/mol. The highest BCUT2D eigenvalue weighted by Gasteiger charge is 2.18. The van der Waals surface area contributed by atoms with E-state index in [1.54, 1.807) is 41.8 Å². The summed E-state index contributed by atoms with van der Waals surface area (Å²) in [5.74, 6) is -0.975. The molecule has 148 valence electrons. The van der Waals surface area contributed by atoms with Gasteiger partial charge in [-0.2, -0.15) is 0 Å². The van der Waals surface area contributed by atoms with Crippen molar-refractivity contribution < 1.29 is 23.9 Å². The summed E-state index contributed by atoms with van der Waals surface area (Å²) in [7, 11) is 1.50. The number of anilines is 1. The normalized spacial score (nSPS) is 10.3. The van der Waals surface area contributed by atoms with E-state index in [0.717, 1.165) is 0 Å². The van der Waals surface area contributed by atoms with Gasteiger partial charge in [-0.15, -0.1) is 11.3 Å². The lowest BCUT2D eigenvalue weighted by Gasteiger charge is -2.11. The van der Waals surface area contributed by atoms with Crippen LogP contribution in [0.3, 0.4) is 0 Å². The number of esters is 1. The van der Waals surface area contributed by atoms with Crippen molar-refractivity contribution in [2.24, 2.45) is 0 Å². The van der Waals surface area contributed by atoms with E-state index in [0.29, 0.717) is 21.2 Å². The first-order chi connectivity index (χ1) is 14.0. The Morgan fingerprint density at radius 1 is 1.07 bits per heavy atom. The Kier molecular flexibility index (Phi) is 6.64. The number of ketones is 1. The van der Waals surface area contributed by atoms with Gasteiger partial charge in [0.1, 0.15) is 5.75 Å². The Morgan fingerprint density at radius 3 is 2.62 bits per heavy atom. The van der Waals surface area contributed by atoms with Crippen LogP contribution in [0.15, 0.2) is 60.0 Å². The topological polar surface area (TPSA) is 81.7 Å². The van der Waals surface area contributed by atoms with Crippen LogP contribution in [0, 0.1) is 0 Å². The van der Waals surface area contributed by atoms with Crippen molar-refractivity contribution in [3.05, 3.63) is 81.0 Å².